The van der Waals surface area contributed by atoms with Gasteiger partial charge < -0.3 is 10.1 Å². The number of anilines is 1. The van der Waals surface area contributed by atoms with Crippen LogP contribution in [-0.2, 0) is 4.79 Å². The summed E-state index contributed by atoms with van der Waals surface area (Å²) in [6, 6.07) is 15.8. The van der Waals surface area contributed by atoms with Crippen LogP contribution < -0.4 is 10.1 Å². The van der Waals surface area contributed by atoms with Gasteiger partial charge in [0, 0.05) is 18.0 Å². The monoisotopic (exact) mass is 472 g/mol. The Labute approximate surface area is 201 Å². The van der Waals surface area contributed by atoms with E-state index in [-0.39, 0.29) is 11.7 Å². The van der Waals surface area contributed by atoms with E-state index < -0.39 is 0 Å². The maximum atomic E-state index is 12.6. The average molecular weight is 473 g/mol. The summed E-state index contributed by atoms with van der Waals surface area (Å²) in [6.45, 7) is 6.59. The van der Waals surface area contributed by atoms with E-state index in [1.165, 1.54) is 22.9 Å². The predicted molar refractivity (Wildman–Crippen MR) is 134 cm³/mol. The Kier molecular flexibility index (Phi) is 5.93. The van der Waals surface area contributed by atoms with Crippen LogP contribution in [0.25, 0.3) is 22.4 Å². The summed E-state index contributed by atoms with van der Waals surface area (Å²) < 4.78 is 9.28. The van der Waals surface area contributed by atoms with Crippen molar-refractivity contribution in [1.82, 2.24) is 24.2 Å². The lowest BCUT2D eigenvalue weighted by atomic mass is 10.0. The number of benzene rings is 2. The third kappa shape index (κ3) is 4.22. The molecule has 0 radical (unpaired) electrons. The zero-order valence-corrected chi connectivity index (χ0v) is 20.0. The molecule has 8 nitrogen and oxygen atoms in total. The lowest BCUT2D eigenvalue weighted by molar-refractivity contribution is -0.113. The summed E-state index contributed by atoms with van der Waals surface area (Å²) in [5.74, 6) is 0.704. The van der Waals surface area contributed by atoms with E-state index in [2.05, 4.69) is 47.6 Å². The Bertz CT molecular complexity index is 1510. The smallest absolute Gasteiger partial charge is 0.234 e. The molecule has 0 spiro atoms. The lowest BCUT2D eigenvalue weighted by Gasteiger charge is -2.10. The number of aromatic nitrogens is 5. The van der Waals surface area contributed by atoms with E-state index in [0.29, 0.717) is 28.8 Å². The zero-order valence-electron chi connectivity index (χ0n) is 19.1. The van der Waals surface area contributed by atoms with Crippen molar-refractivity contribution in [3.05, 3.63) is 72.1 Å². The minimum Gasteiger partial charge on any atom is -0.492 e. The molecule has 0 atom stereocenters. The number of hydrogen-bond acceptors (Lipinski definition) is 6. The van der Waals surface area contributed by atoms with Crippen molar-refractivity contribution < 1.29 is 9.53 Å². The van der Waals surface area contributed by atoms with Gasteiger partial charge in [-0.25, -0.2) is 4.52 Å². The number of nitrogens with one attached hydrogen (secondary N) is 1. The second-order valence-corrected chi connectivity index (χ2v) is 8.86. The summed E-state index contributed by atoms with van der Waals surface area (Å²) in [5.41, 5.74) is 6.54. The van der Waals surface area contributed by atoms with E-state index in [0.717, 1.165) is 16.8 Å². The molecule has 0 unspecified atom stereocenters. The summed E-state index contributed by atoms with van der Waals surface area (Å²) in [6.07, 6.45) is 3.75. The second kappa shape index (κ2) is 9.18. The topological polar surface area (TPSA) is 85.8 Å². The molecule has 5 rings (SSSR count). The van der Waals surface area contributed by atoms with Gasteiger partial charge in [-0.05, 0) is 50.6 Å². The molecule has 34 heavy (non-hydrogen) atoms. The standard InChI is InChI=1S/C25H24N6O2S/c1-4-33-22-8-6-5-7-19(22)26-23(32)15-34-25-28-27-24-21-14-20(29-31(21)12-11-30(24)25)18-13-16(2)9-10-17(18)3/h5-14H,4,15H2,1-3H3,(H,26,32). The van der Waals surface area contributed by atoms with Crippen molar-refractivity contribution in [2.75, 3.05) is 17.7 Å². The van der Waals surface area contributed by atoms with Gasteiger partial charge in [0.25, 0.3) is 0 Å². The molecule has 5 aromatic rings. The Balaban J connectivity index is 1.37. The van der Waals surface area contributed by atoms with Crippen molar-refractivity contribution in [1.29, 1.82) is 0 Å². The number of ether oxygens (including phenoxy) is 1. The molecule has 0 fully saturated rings. The number of thioether (sulfide) groups is 1. The van der Waals surface area contributed by atoms with Crippen LogP contribution in [0.4, 0.5) is 5.69 Å². The predicted octanol–water partition coefficient (Wildman–Crippen LogP) is 4.79. The highest BCUT2D eigenvalue weighted by Crippen LogP contribution is 2.28. The molecule has 1 N–H and O–H groups in total. The van der Waals surface area contributed by atoms with E-state index in [9.17, 15) is 4.79 Å². The fourth-order valence-electron chi connectivity index (χ4n) is 3.80. The van der Waals surface area contributed by atoms with Gasteiger partial charge in [0.05, 0.1) is 23.7 Å². The molecule has 0 aliphatic heterocycles. The molecule has 3 heterocycles. The largest absolute Gasteiger partial charge is 0.492 e. The molecule has 1 amide bonds. The first kappa shape index (κ1) is 22.0. The number of hydrogen-bond donors (Lipinski definition) is 1. The van der Waals surface area contributed by atoms with E-state index in [1.807, 2.05) is 58.6 Å². The van der Waals surface area contributed by atoms with Gasteiger partial charge in [0.2, 0.25) is 5.91 Å². The number of amides is 1. The van der Waals surface area contributed by atoms with E-state index in [1.54, 1.807) is 0 Å². The van der Waals surface area contributed by atoms with Crippen LogP contribution in [0.15, 0.2) is 66.1 Å². The van der Waals surface area contributed by atoms with Crippen molar-refractivity contribution >= 4 is 34.5 Å². The molecule has 0 saturated heterocycles. The number of fused-ring (bicyclic) bond motifs is 3. The fraction of sp³-hybridized carbons (Fsp3) is 0.200. The molecular formula is C25H24N6O2S. The maximum absolute atomic E-state index is 12.6. The molecule has 2 aromatic carbocycles. The molecular weight excluding hydrogens is 448 g/mol. The van der Waals surface area contributed by atoms with Crippen LogP contribution in [0, 0.1) is 13.8 Å². The molecule has 0 aliphatic rings. The fourth-order valence-corrected chi connectivity index (χ4v) is 4.52. The number of rotatable bonds is 7. The highest BCUT2D eigenvalue weighted by Gasteiger charge is 2.15. The van der Waals surface area contributed by atoms with E-state index >= 15 is 0 Å². The first-order valence-electron chi connectivity index (χ1n) is 11.0. The highest BCUT2D eigenvalue weighted by atomic mass is 32.2. The van der Waals surface area contributed by atoms with Crippen molar-refractivity contribution in [3.63, 3.8) is 0 Å². The number of carbonyl (C=O) groups excluding carboxylic acids is 1. The minimum absolute atomic E-state index is 0.142. The summed E-state index contributed by atoms with van der Waals surface area (Å²) in [4.78, 5) is 12.6. The lowest BCUT2D eigenvalue weighted by Crippen LogP contribution is -2.15. The highest BCUT2D eigenvalue weighted by molar-refractivity contribution is 7.99. The molecule has 9 heteroatoms. The third-order valence-electron chi connectivity index (χ3n) is 5.45. The average Bonchev–Trinajstić information content (AvgIpc) is 3.44. The summed E-state index contributed by atoms with van der Waals surface area (Å²) in [7, 11) is 0. The van der Waals surface area contributed by atoms with Crippen LogP contribution in [0.5, 0.6) is 5.75 Å². The summed E-state index contributed by atoms with van der Waals surface area (Å²) in [5, 5.41) is 17.0. The van der Waals surface area contributed by atoms with Gasteiger partial charge in [0.15, 0.2) is 10.8 Å². The molecule has 0 aliphatic carbocycles. The number of nitrogens with zero attached hydrogens (tertiary/aromatic N) is 5. The van der Waals surface area contributed by atoms with E-state index in [4.69, 9.17) is 9.84 Å². The minimum atomic E-state index is -0.142. The van der Waals surface area contributed by atoms with Gasteiger partial charge in [-0.3, -0.25) is 9.20 Å². The molecule has 0 saturated carbocycles. The van der Waals surface area contributed by atoms with Crippen molar-refractivity contribution in [2.45, 2.75) is 25.9 Å². The van der Waals surface area contributed by atoms with Crippen LogP contribution in [-0.4, -0.2) is 42.5 Å². The Morgan fingerprint density at radius 2 is 1.94 bits per heavy atom. The Morgan fingerprint density at radius 1 is 1.09 bits per heavy atom. The molecule has 0 bridgehead atoms. The van der Waals surface area contributed by atoms with Crippen LogP contribution in [0.3, 0.4) is 0 Å². The number of carbonyl (C=O) groups is 1. The van der Waals surface area contributed by atoms with Crippen LogP contribution in [0.1, 0.15) is 18.1 Å². The molecule has 172 valence electrons. The van der Waals surface area contributed by atoms with Gasteiger partial charge in [-0.1, -0.05) is 41.6 Å². The van der Waals surface area contributed by atoms with Gasteiger partial charge in [-0.2, -0.15) is 5.10 Å². The van der Waals surface area contributed by atoms with Gasteiger partial charge in [0.1, 0.15) is 11.3 Å². The first-order chi connectivity index (χ1) is 16.5. The Morgan fingerprint density at radius 3 is 2.79 bits per heavy atom. The normalized spacial score (nSPS) is 11.3. The second-order valence-electron chi connectivity index (χ2n) is 7.92. The Hall–Kier alpha value is -3.85. The number of para-hydroxylation sites is 2. The number of aryl methyl sites for hydroxylation is 2. The van der Waals surface area contributed by atoms with Gasteiger partial charge >= 0.3 is 0 Å². The van der Waals surface area contributed by atoms with Gasteiger partial charge in [-0.15, -0.1) is 10.2 Å². The first-order valence-corrected chi connectivity index (χ1v) is 12.0. The maximum Gasteiger partial charge on any atom is 0.234 e. The van der Waals surface area contributed by atoms with Crippen LogP contribution >= 0.6 is 11.8 Å². The SMILES string of the molecule is CCOc1ccccc1NC(=O)CSc1nnc2c3cc(-c4cc(C)ccc4C)nn3ccn12. The quantitative estimate of drug-likeness (QED) is 0.343. The molecule has 3 aromatic heterocycles. The van der Waals surface area contributed by atoms with Crippen LogP contribution in [0.2, 0.25) is 0 Å². The van der Waals surface area contributed by atoms with Crippen molar-refractivity contribution in [3.8, 4) is 17.0 Å². The summed E-state index contributed by atoms with van der Waals surface area (Å²) >= 11 is 1.33. The zero-order chi connectivity index (χ0) is 23.7. The third-order valence-corrected chi connectivity index (χ3v) is 6.39. The van der Waals surface area contributed by atoms with Crippen molar-refractivity contribution in [2.24, 2.45) is 0 Å².